The van der Waals surface area contributed by atoms with Crippen LogP contribution in [0.2, 0.25) is 0 Å². The summed E-state index contributed by atoms with van der Waals surface area (Å²) in [7, 11) is 1.63. The van der Waals surface area contributed by atoms with Crippen molar-refractivity contribution in [1.82, 2.24) is 0 Å². The second-order valence-corrected chi connectivity index (χ2v) is 2.84. The van der Waals surface area contributed by atoms with Gasteiger partial charge in [-0.2, -0.15) is 0 Å². The standard InChI is InChI=1S/C10H15NO2/c1-8(7-11)13-10-5-3-4-9(6-10)12-2/h3-6,8H,7,11H2,1-2H3. The molecule has 0 fully saturated rings. The number of hydrogen-bond donors (Lipinski definition) is 1. The summed E-state index contributed by atoms with van der Waals surface area (Å²) in [6.07, 6.45) is 0.0344. The number of ether oxygens (including phenoxy) is 2. The Balaban J connectivity index is 2.66. The molecule has 1 rings (SSSR count). The van der Waals surface area contributed by atoms with Crippen LogP contribution >= 0.6 is 0 Å². The first-order chi connectivity index (χ1) is 6.26. The van der Waals surface area contributed by atoms with Gasteiger partial charge < -0.3 is 15.2 Å². The van der Waals surface area contributed by atoms with Crippen LogP contribution in [0.5, 0.6) is 11.5 Å². The van der Waals surface area contributed by atoms with Gasteiger partial charge in [0.15, 0.2) is 0 Å². The van der Waals surface area contributed by atoms with Gasteiger partial charge in [-0.1, -0.05) is 6.07 Å². The van der Waals surface area contributed by atoms with Crippen molar-refractivity contribution < 1.29 is 9.47 Å². The molecule has 0 saturated heterocycles. The fourth-order valence-corrected chi connectivity index (χ4v) is 0.955. The molecular weight excluding hydrogens is 166 g/mol. The first-order valence-electron chi connectivity index (χ1n) is 4.27. The topological polar surface area (TPSA) is 44.5 Å². The van der Waals surface area contributed by atoms with Gasteiger partial charge >= 0.3 is 0 Å². The lowest BCUT2D eigenvalue weighted by molar-refractivity contribution is 0.229. The zero-order valence-electron chi connectivity index (χ0n) is 7.99. The summed E-state index contributed by atoms with van der Waals surface area (Å²) in [5.74, 6) is 1.58. The lowest BCUT2D eigenvalue weighted by Gasteiger charge is -2.12. The van der Waals surface area contributed by atoms with Crippen molar-refractivity contribution in [1.29, 1.82) is 0 Å². The van der Waals surface area contributed by atoms with Crippen LogP contribution in [-0.2, 0) is 0 Å². The third-order valence-corrected chi connectivity index (χ3v) is 1.71. The minimum atomic E-state index is 0.0344. The van der Waals surface area contributed by atoms with Gasteiger partial charge in [0.2, 0.25) is 0 Å². The summed E-state index contributed by atoms with van der Waals surface area (Å²) >= 11 is 0. The molecule has 0 bridgehead atoms. The van der Waals surface area contributed by atoms with Crippen LogP contribution in [0.15, 0.2) is 24.3 Å². The van der Waals surface area contributed by atoms with E-state index in [1.165, 1.54) is 0 Å². The summed E-state index contributed by atoms with van der Waals surface area (Å²) in [6.45, 7) is 2.44. The Bertz CT molecular complexity index is 263. The quantitative estimate of drug-likeness (QED) is 0.764. The van der Waals surface area contributed by atoms with Gasteiger partial charge in [-0.25, -0.2) is 0 Å². The van der Waals surface area contributed by atoms with Gasteiger partial charge in [0.05, 0.1) is 7.11 Å². The molecule has 3 heteroatoms. The Morgan fingerprint density at radius 3 is 2.69 bits per heavy atom. The highest BCUT2D eigenvalue weighted by Crippen LogP contribution is 2.19. The molecule has 0 heterocycles. The van der Waals surface area contributed by atoms with E-state index in [0.29, 0.717) is 6.54 Å². The summed E-state index contributed by atoms with van der Waals surface area (Å²) in [4.78, 5) is 0. The average molecular weight is 181 g/mol. The third kappa shape index (κ3) is 2.95. The van der Waals surface area contributed by atoms with E-state index in [4.69, 9.17) is 15.2 Å². The monoisotopic (exact) mass is 181 g/mol. The van der Waals surface area contributed by atoms with Crippen molar-refractivity contribution in [3.63, 3.8) is 0 Å². The zero-order valence-corrected chi connectivity index (χ0v) is 7.99. The van der Waals surface area contributed by atoms with Crippen molar-refractivity contribution in [3.05, 3.63) is 24.3 Å². The van der Waals surface area contributed by atoms with Gasteiger partial charge in [0.1, 0.15) is 17.6 Å². The maximum absolute atomic E-state index is 5.50. The SMILES string of the molecule is COc1cccc(OC(C)CN)c1. The van der Waals surface area contributed by atoms with E-state index in [2.05, 4.69) is 0 Å². The highest BCUT2D eigenvalue weighted by Gasteiger charge is 2.01. The Labute approximate surface area is 78.5 Å². The molecule has 0 saturated carbocycles. The fourth-order valence-electron chi connectivity index (χ4n) is 0.955. The molecule has 0 radical (unpaired) electrons. The molecule has 1 unspecified atom stereocenters. The molecular formula is C10H15NO2. The lowest BCUT2D eigenvalue weighted by atomic mass is 10.3. The summed E-state index contributed by atoms with van der Waals surface area (Å²) in [5, 5.41) is 0. The predicted octanol–water partition coefficient (Wildman–Crippen LogP) is 1.42. The van der Waals surface area contributed by atoms with Crippen LogP contribution < -0.4 is 15.2 Å². The number of hydrogen-bond acceptors (Lipinski definition) is 3. The number of methoxy groups -OCH3 is 1. The molecule has 1 aromatic carbocycles. The summed E-state index contributed by atoms with van der Waals surface area (Å²) < 4.78 is 10.6. The van der Waals surface area contributed by atoms with E-state index < -0.39 is 0 Å². The molecule has 0 spiro atoms. The van der Waals surface area contributed by atoms with Gasteiger partial charge in [0.25, 0.3) is 0 Å². The molecule has 13 heavy (non-hydrogen) atoms. The van der Waals surface area contributed by atoms with Gasteiger partial charge in [-0.15, -0.1) is 0 Å². The first-order valence-corrected chi connectivity index (χ1v) is 4.27. The number of nitrogens with two attached hydrogens (primary N) is 1. The van der Waals surface area contributed by atoms with E-state index in [9.17, 15) is 0 Å². The zero-order chi connectivity index (χ0) is 9.68. The van der Waals surface area contributed by atoms with Gasteiger partial charge in [-0.3, -0.25) is 0 Å². The molecule has 1 aromatic rings. The van der Waals surface area contributed by atoms with Crippen molar-refractivity contribution >= 4 is 0 Å². The van der Waals surface area contributed by atoms with Crippen LogP contribution in [0.3, 0.4) is 0 Å². The summed E-state index contributed by atoms with van der Waals surface area (Å²) in [5.41, 5.74) is 5.43. The van der Waals surface area contributed by atoms with E-state index in [1.54, 1.807) is 7.11 Å². The molecule has 2 N–H and O–H groups in total. The third-order valence-electron chi connectivity index (χ3n) is 1.71. The Kier molecular flexibility index (Phi) is 3.58. The molecule has 0 amide bonds. The van der Waals surface area contributed by atoms with E-state index in [-0.39, 0.29) is 6.10 Å². The molecule has 0 aromatic heterocycles. The van der Waals surface area contributed by atoms with E-state index in [1.807, 2.05) is 31.2 Å². The van der Waals surface area contributed by atoms with Crippen molar-refractivity contribution in [3.8, 4) is 11.5 Å². The van der Waals surface area contributed by atoms with Crippen LogP contribution in [-0.4, -0.2) is 19.8 Å². The van der Waals surface area contributed by atoms with E-state index >= 15 is 0 Å². The minimum Gasteiger partial charge on any atom is -0.497 e. The Morgan fingerprint density at radius 1 is 1.38 bits per heavy atom. The van der Waals surface area contributed by atoms with E-state index in [0.717, 1.165) is 11.5 Å². The van der Waals surface area contributed by atoms with Crippen LogP contribution in [0.25, 0.3) is 0 Å². The molecule has 72 valence electrons. The number of benzene rings is 1. The minimum absolute atomic E-state index is 0.0344. The normalized spacial score (nSPS) is 12.2. The maximum Gasteiger partial charge on any atom is 0.123 e. The molecule has 0 aliphatic rings. The van der Waals surface area contributed by atoms with Gasteiger partial charge in [0, 0.05) is 12.6 Å². The smallest absolute Gasteiger partial charge is 0.123 e. The molecule has 0 aliphatic carbocycles. The first kappa shape index (κ1) is 9.86. The summed E-state index contributed by atoms with van der Waals surface area (Å²) in [6, 6.07) is 7.48. The highest BCUT2D eigenvalue weighted by atomic mass is 16.5. The van der Waals surface area contributed by atoms with Crippen LogP contribution in [0, 0.1) is 0 Å². The number of rotatable bonds is 4. The highest BCUT2D eigenvalue weighted by molar-refractivity contribution is 5.32. The van der Waals surface area contributed by atoms with Crippen LogP contribution in [0.1, 0.15) is 6.92 Å². The maximum atomic E-state index is 5.50. The van der Waals surface area contributed by atoms with Crippen molar-refractivity contribution in [2.75, 3.05) is 13.7 Å². The fraction of sp³-hybridized carbons (Fsp3) is 0.400. The second kappa shape index (κ2) is 4.72. The average Bonchev–Trinajstić information content (AvgIpc) is 2.18. The lowest BCUT2D eigenvalue weighted by Crippen LogP contribution is -2.22. The molecule has 1 atom stereocenters. The van der Waals surface area contributed by atoms with Crippen molar-refractivity contribution in [2.24, 2.45) is 5.73 Å². The van der Waals surface area contributed by atoms with Crippen molar-refractivity contribution in [2.45, 2.75) is 13.0 Å². The predicted molar refractivity (Wildman–Crippen MR) is 52.1 cm³/mol. The largest absolute Gasteiger partial charge is 0.497 e. The van der Waals surface area contributed by atoms with Crippen LogP contribution in [0.4, 0.5) is 0 Å². The second-order valence-electron chi connectivity index (χ2n) is 2.84. The Hall–Kier alpha value is -1.22. The Morgan fingerprint density at radius 2 is 2.08 bits per heavy atom. The molecule has 3 nitrogen and oxygen atoms in total. The van der Waals surface area contributed by atoms with Gasteiger partial charge in [-0.05, 0) is 19.1 Å². The molecule has 0 aliphatic heterocycles.